The molecule has 0 aromatic carbocycles. The predicted molar refractivity (Wildman–Crippen MR) is 59.4 cm³/mol. The maximum atomic E-state index is 10.6. The van der Waals surface area contributed by atoms with E-state index in [1.54, 1.807) is 0 Å². The Kier molecular flexibility index (Phi) is 8.90. The lowest BCUT2D eigenvalue weighted by Crippen LogP contribution is -2.20. The zero-order chi connectivity index (χ0) is 8.27. The van der Waals surface area contributed by atoms with Crippen LogP contribution in [0.25, 0.3) is 0 Å². The third-order valence-electron chi connectivity index (χ3n) is 2.63. The Morgan fingerprint density at radius 1 is 1.23 bits per heavy atom. The van der Waals surface area contributed by atoms with Gasteiger partial charge in [-0.3, -0.25) is 4.79 Å². The molecule has 0 bridgehead atoms. The van der Waals surface area contributed by atoms with Gasteiger partial charge in [-0.1, -0.05) is 19.8 Å². The van der Waals surface area contributed by atoms with Gasteiger partial charge < -0.3 is 5.73 Å². The molecule has 0 unspecified atom stereocenters. The highest BCUT2D eigenvalue weighted by Gasteiger charge is 2.19. The second kappa shape index (κ2) is 7.45. The van der Waals surface area contributed by atoms with Crippen LogP contribution in [0.2, 0.25) is 0 Å². The third kappa shape index (κ3) is 6.17. The molecule has 1 aliphatic rings. The summed E-state index contributed by atoms with van der Waals surface area (Å²) in [6, 6.07) is 0. The molecule has 0 heterocycles. The molecule has 1 amide bonds. The molecule has 0 saturated heterocycles. The van der Waals surface area contributed by atoms with Gasteiger partial charge in [0.25, 0.3) is 0 Å². The van der Waals surface area contributed by atoms with Crippen molar-refractivity contribution in [3.8, 4) is 0 Å². The van der Waals surface area contributed by atoms with E-state index in [9.17, 15) is 4.79 Å². The second-order valence-electron chi connectivity index (χ2n) is 3.80. The van der Waals surface area contributed by atoms with Gasteiger partial charge in [-0.15, -0.1) is 24.8 Å². The lowest BCUT2D eigenvalue weighted by molar-refractivity contribution is -0.119. The van der Waals surface area contributed by atoms with E-state index in [2.05, 4.69) is 6.92 Å². The molecule has 1 fully saturated rings. The molecule has 2 nitrogen and oxygen atoms in total. The number of amides is 1. The zero-order valence-corrected chi connectivity index (χ0v) is 9.63. The fourth-order valence-corrected chi connectivity index (χ4v) is 1.82. The van der Waals surface area contributed by atoms with Crippen LogP contribution < -0.4 is 5.73 Å². The van der Waals surface area contributed by atoms with E-state index in [-0.39, 0.29) is 30.7 Å². The van der Waals surface area contributed by atoms with Crippen LogP contribution in [0.4, 0.5) is 0 Å². The van der Waals surface area contributed by atoms with Crippen molar-refractivity contribution in [1.29, 1.82) is 0 Å². The standard InChI is InChI=1S/C9H17NO.2ClH/c1-7-2-4-8(5-3-7)6-9(10)11;;/h7-8H,2-6H2,1H3,(H2,10,11);2*1H. The van der Waals surface area contributed by atoms with Crippen molar-refractivity contribution < 1.29 is 4.79 Å². The number of nitrogens with two attached hydrogens (primary N) is 1. The first-order chi connectivity index (χ1) is 5.18. The molecule has 0 aromatic heterocycles. The SMILES string of the molecule is CC1CCC(CC(N)=O)CC1.Cl.Cl. The largest absolute Gasteiger partial charge is 0.370 e. The molecule has 1 aliphatic carbocycles. The lowest BCUT2D eigenvalue weighted by atomic mass is 9.81. The monoisotopic (exact) mass is 227 g/mol. The Bertz CT molecular complexity index is 145. The number of hydrogen-bond acceptors (Lipinski definition) is 1. The van der Waals surface area contributed by atoms with E-state index < -0.39 is 0 Å². The number of primary amides is 1. The van der Waals surface area contributed by atoms with Crippen LogP contribution in [0, 0.1) is 11.8 Å². The van der Waals surface area contributed by atoms with Crippen molar-refractivity contribution in [1.82, 2.24) is 0 Å². The van der Waals surface area contributed by atoms with E-state index in [1.807, 2.05) is 0 Å². The van der Waals surface area contributed by atoms with Crippen LogP contribution >= 0.6 is 24.8 Å². The first kappa shape index (κ1) is 15.5. The molecule has 1 rings (SSSR count). The Balaban J connectivity index is 0. The number of carbonyl (C=O) groups excluding carboxylic acids is 1. The van der Waals surface area contributed by atoms with Gasteiger partial charge in [-0.25, -0.2) is 0 Å². The molecule has 2 N–H and O–H groups in total. The zero-order valence-electron chi connectivity index (χ0n) is 7.99. The van der Waals surface area contributed by atoms with Crippen LogP contribution in [-0.4, -0.2) is 5.91 Å². The minimum absolute atomic E-state index is 0. The minimum Gasteiger partial charge on any atom is -0.370 e. The number of carbonyl (C=O) groups is 1. The van der Waals surface area contributed by atoms with Gasteiger partial charge in [-0.05, 0) is 24.7 Å². The topological polar surface area (TPSA) is 43.1 Å². The Morgan fingerprint density at radius 3 is 2.08 bits per heavy atom. The summed E-state index contributed by atoms with van der Waals surface area (Å²) in [6.07, 6.45) is 5.55. The van der Waals surface area contributed by atoms with Crippen molar-refractivity contribution in [2.24, 2.45) is 17.6 Å². The average Bonchev–Trinajstić information content (AvgIpc) is 1.93. The molecule has 0 radical (unpaired) electrons. The Labute approximate surface area is 92.5 Å². The highest BCUT2D eigenvalue weighted by Crippen LogP contribution is 2.29. The quantitative estimate of drug-likeness (QED) is 0.775. The highest BCUT2D eigenvalue weighted by molar-refractivity contribution is 5.85. The molecular weight excluding hydrogens is 209 g/mol. The van der Waals surface area contributed by atoms with Gasteiger partial charge in [0.05, 0.1) is 0 Å². The minimum atomic E-state index is -0.135. The summed E-state index contributed by atoms with van der Waals surface area (Å²) < 4.78 is 0. The van der Waals surface area contributed by atoms with E-state index >= 15 is 0 Å². The molecule has 0 aliphatic heterocycles. The average molecular weight is 228 g/mol. The van der Waals surface area contributed by atoms with Crippen LogP contribution in [0.3, 0.4) is 0 Å². The van der Waals surface area contributed by atoms with Crippen molar-refractivity contribution in [3.63, 3.8) is 0 Å². The number of rotatable bonds is 2. The van der Waals surface area contributed by atoms with Crippen molar-refractivity contribution in [2.45, 2.75) is 39.0 Å². The van der Waals surface area contributed by atoms with Crippen molar-refractivity contribution in [2.75, 3.05) is 0 Å². The molecule has 0 atom stereocenters. The first-order valence-corrected chi connectivity index (χ1v) is 4.46. The van der Waals surface area contributed by atoms with E-state index in [4.69, 9.17) is 5.73 Å². The maximum absolute atomic E-state index is 10.6. The van der Waals surface area contributed by atoms with Gasteiger partial charge in [0.2, 0.25) is 5.91 Å². The molecule has 80 valence electrons. The van der Waals surface area contributed by atoms with Crippen molar-refractivity contribution >= 4 is 30.7 Å². The molecule has 1 saturated carbocycles. The summed E-state index contributed by atoms with van der Waals surface area (Å²) >= 11 is 0. The number of halogens is 2. The molecule has 13 heavy (non-hydrogen) atoms. The highest BCUT2D eigenvalue weighted by atomic mass is 35.5. The fourth-order valence-electron chi connectivity index (χ4n) is 1.82. The fraction of sp³-hybridized carbons (Fsp3) is 0.889. The van der Waals surface area contributed by atoms with Gasteiger partial charge in [0, 0.05) is 6.42 Å². The molecule has 0 aromatic rings. The van der Waals surface area contributed by atoms with E-state index in [1.165, 1.54) is 25.7 Å². The van der Waals surface area contributed by atoms with Crippen LogP contribution in [0.1, 0.15) is 39.0 Å². The maximum Gasteiger partial charge on any atom is 0.217 e. The summed E-state index contributed by atoms with van der Waals surface area (Å²) in [7, 11) is 0. The number of hydrogen-bond donors (Lipinski definition) is 1. The summed E-state index contributed by atoms with van der Waals surface area (Å²) in [4.78, 5) is 10.6. The lowest BCUT2D eigenvalue weighted by Gasteiger charge is -2.24. The van der Waals surface area contributed by atoms with Gasteiger partial charge >= 0.3 is 0 Å². The second-order valence-corrected chi connectivity index (χ2v) is 3.80. The third-order valence-corrected chi connectivity index (χ3v) is 2.63. The predicted octanol–water partition coefficient (Wildman–Crippen LogP) is 2.53. The summed E-state index contributed by atoms with van der Waals surface area (Å²) in [5.74, 6) is 1.31. The summed E-state index contributed by atoms with van der Waals surface area (Å²) in [6.45, 7) is 2.28. The first-order valence-electron chi connectivity index (χ1n) is 4.46. The van der Waals surface area contributed by atoms with Crippen LogP contribution in [-0.2, 0) is 4.79 Å². The molecule has 4 heteroatoms. The normalized spacial score (nSPS) is 26.8. The summed E-state index contributed by atoms with van der Waals surface area (Å²) in [5, 5.41) is 0. The molecule has 0 spiro atoms. The van der Waals surface area contributed by atoms with E-state index in [0.29, 0.717) is 12.3 Å². The summed E-state index contributed by atoms with van der Waals surface area (Å²) in [5.41, 5.74) is 5.12. The van der Waals surface area contributed by atoms with E-state index in [0.717, 1.165) is 5.92 Å². The Hall–Kier alpha value is 0.0500. The van der Waals surface area contributed by atoms with Gasteiger partial charge in [0.1, 0.15) is 0 Å². The molecular formula is C9H19Cl2NO. The Morgan fingerprint density at radius 2 is 1.69 bits per heavy atom. The smallest absolute Gasteiger partial charge is 0.217 e. The van der Waals surface area contributed by atoms with Crippen LogP contribution in [0.15, 0.2) is 0 Å². The van der Waals surface area contributed by atoms with Gasteiger partial charge in [0.15, 0.2) is 0 Å². The van der Waals surface area contributed by atoms with Crippen LogP contribution in [0.5, 0.6) is 0 Å². The van der Waals surface area contributed by atoms with Crippen molar-refractivity contribution in [3.05, 3.63) is 0 Å². The van der Waals surface area contributed by atoms with Gasteiger partial charge in [-0.2, -0.15) is 0 Å².